The standard InChI is InChI=1S/C24H19FN2O5/c1-13-11-15(8-9-18(13)25)22(29)20-21(19-7-4-10-32-19)27(24(31)23(20)30)17-6-3-5-16(12-17)26-14(2)28/h3-12,21,29H,1-2H3,(H,26,28)/b22-20-. The fourth-order valence-electron chi connectivity index (χ4n) is 3.70. The average Bonchev–Trinajstić information content (AvgIpc) is 3.36. The Morgan fingerprint density at radius 3 is 2.56 bits per heavy atom. The molecule has 0 spiro atoms. The zero-order valence-corrected chi connectivity index (χ0v) is 17.3. The van der Waals surface area contributed by atoms with E-state index in [4.69, 9.17) is 4.42 Å². The van der Waals surface area contributed by atoms with Gasteiger partial charge in [0.2, 0.25) is 5.91 Å². The highest BCUT2D eigenvalue weighted by atomic mass is 19.1. The summed E-state index contributed by atoms with van der Waals surface area (Å²) in [6.07, 6.45) is 1.39. The Hall–Kier alpha value is -4.20. The monoisotopic (exact) mass is 434 g/mol. The van der Waals surface area contributed by atoms with Crippen molar-refractivity contribution < 1.29 is 28.3 Å². The number of nitrogens with zero attached hydrogens (tertiary/aromatic N) is 1. The number of halogens is 1. The molecule has 1 saturated heterocycles. The van der Waals surface area contributed by atoms with Gasteiger partial charge < -0.3 is 14.8 Å². The number of anilines is 2. The number of aliphatic hydroxyl groups excluding tert-OH is 1. The van der Waals surface area contributed by atoms with Gasteiger partial charge in [-0.3, -0.25) is 19.3 Å². The number of amides is 2. The minimum absolute atomic E-state index is 0.180. The van der Waals surface area contributed by atoms with Gasteiger partial charge in [0, 0.05) is 23.9 Å². The van der Waals surface area contributed by atoms with Gasteiger partial charge in [0.1, 0.15) is 23.4 Å². The van der Waals surface area contributed by atoms with Crippen LogP contribution in [0, 0.1) is 12.7 Å². The van der Waals surface area contributed by atoms with Crippen LogP contribution in [0.1, 0.15) is 29.9 Å². The zero-order chi connectivity index (χ0) is 23.0. The number of aliphatic hydroxyl groups is 1. The first-order valence-electron chi connectivity index (χ1n) is 9.76. The number of hydrogen-bond donors (Lipinski definition) is 2. The minimum Gasteiger partial charge on any atom is -0.507 e. The summed E-state index contributed by atoms with van der Waals surface area (Å²) in [5.41, 5.74) is 1.06. The summed E-state index contributed by atoms with van der Waals surface area (Å²) in [7, 11) is 0. The first kappa shape index (κ1) is 21.0. The summed E-state index contributed by atoms with van der Waals surface area (Å²) in [5, 5.41) is 13.6. The fraction of sp³-hybridized carbons (Fsp3) is 0.125. The van der Waals surface area contributed by atoms with E-state index in [0.717, 1.165) is 0 Å². The van der Waals surface area contributed by atoms with Crippen LogP contribution in [-0.2, 0) is 14.4 Å². The predicted octanol–water partition coefficient (Wildman–Crippen LogP) is 4.31. The van der Waals surface area contributed by atoms with Crippen LogP contribution in [0.5, 0.6) is 0 Å². The lowest BCUT2D eigenvalue weighted by molar-refractivity contribution is -0.132. The molecule has 32 heavy (non-hydrogen) atoms. The zero-order valence-electron chi connectivity index (χ0n) is 17.3. The molecule has 162 valence electrons. The number of Topliss-reactive ketones (excluding diaryl/α,β-unsaturated/α-hetero) is 1. The highest BCUT2D eigenvalue weighted by Crippen LogP contribution is 2.42. The van der Waals surface area contributed by atoms with Gasteiger partial charge in [0.05, 0.1) is 11.8 Å². The molecule has 1 aliphatic heterocycles. The second-order valence-corrected chi connectivity index (χ2v) is 7.38. The Morgan fingerprint density at radius 2 is 1.91 bits per heavy atom. The largest absolute Gasteiger partial charge is 0.507 e. The maximum absolute atomic E-state index is 13.7. The molecule has 1 atom stereocenters. The Kier molecular flexibility index (Phi) is 5.36. The molecule has 2 N–H and O–H groups in total. The first-order valence-corrected chi connectivity index (χ1v) is 9.76. The number of carbonyl (C=O) groups is 3. The van der Waals surface area contributed by atoms with E-state index < -0.39 is 29.3 Å². The lowest BCUT2D eigenvalue weighted by atomic mass is 9.98. The maximum Gasteiger partial charge on any atom is 0.300 e. The summed E-state index contributed by atoms with van der Waals surface area (Å²) in [4.78, 5) is 38.7. The molecule has 2 amide bonds. The number of ketones is 1. The number of carbonyl (C=O) groups excluding carboxylic acids is 3. The van der Waals surface area contributed by atoms with E-state index in [2.05, 4.69) is 5.32 Å². The highest BCUT2D eigenvalue weighted by molar-refractivity contribution is 6.51. The lowest BCUT2D eigenvalue weighted by Crippen LogP contribution is -2.29. The van der Waals surface area contributed by atoms with Crippen LogP contribution < -0.4 is 10.2 Å². The molecule has 0 aliphatic carbocycles. The van der Waals surface area contributed by atoms with Crippen molar-refractivity contribution in [3.63, 3.8) is 0 Å². The molecule has 1 unspecified atom stereocenters. The van der Waals surface area contributed by atoms with E-state index in [1.54, 1.807) is 36.4 Å². The molecular formula is C24H19FN2O5. The van der Waals surface area contributed by atoms with Crippen molar-refractivity contribution in [1.82, 2.24) is 0 Å². The Balaban J connectivity index is 1.89. The van der Waals surface area contributed by atoms with Gasteiger partial charge in [-0.1, -0.05) is 6.07 Å². The van der Waals surface area contributed by atoms with Crippen molar-refractivity contribution >= 4 is 34.7 Å². The summed E-state index contributed by atoms with van der Waals surface area (Å²) in [5.74, 6) is -2.71. The molecule has 2 aromatic carbocycles. The van der Waals surface area contributed by atoms with Gasteiger partial charge in [-0.2, -0.15) is 0 Å². The molecule has 0 bridgehead atoms. The van der Waals surface area contributed by atoms with Crippen LogP contribution in [0.15, 0.2) is 70.9 Å². The van der Waals surface area contributed by atoms with E-state index in [1.807, 2.05) is 0 Å². The van der Waals surface area contributed by atoms with Gasteiger partial charge in [0.15, 0.2) is 0 Å². The molecule has 8 heteroatoms. The Morgan fingerprint density at radius 1 is 1.12 bits per heavy atom. The van der Waals surface area contributed by atoms with Crippen molar-refractivity contribution in [1.29, 1.82) is 0 Å². The summed E-state index contributed by atoms with van der Waals surface area (Å²) in [6, 6.07) is 12.5. The van der Waals surface area contributed by atoms with E-state index >= 15 is 0 Å². The second kappa shape index (κ2) is 8.14. The van der Waals surface area contributed by atoms with Gasteiger partial charge >= 0.3 is 0 Å². The van der Waals surface area contributed by atoms with Crippen molar-refractivity contribution in [2.45, 2.75) is 19.9 Å². The van der Waals surface area contributed by atoms with E-state index in [-0.39, 0.29) is 28.4 Å². The van der Waals surface area contributed by atoms with Gasteiger partial charge in [-0.05, 0) is 61.0 Å². The highest BCUT2D eigenvalue weighted by Gasteiger charge is 2.48. The van der Waals surface area contributed by atoms with Crippen LogP contribution in [0.3, 0.4) is 0 Å². The molecule has 3 aromatic rings. The van der Waals surface area contributed by atoms with Crippen LogP contribution in [0.2, 0.25) is 0 Å². The molecule has 1 fully saturated rings. The van der Waals surface area contributed by atoms with E-state index in [1.165, 1.54) is 43.2 Å². The molecule has 7 nitrogen and oxygen atoms in total. The van der Waals surface area contributed by atoms with Crippen molar-refractivity contribution in [3.8, 4) is 0 Å². The number of benzene rings is 2. The summed E-state index contributed by atoms with van der Waals surface area (Å²) in [6.45, 7) is 2.88. The van der Waals surface area contributed by atoms with Crippen LogP contribution in [0.25, 0.3) is 5.76 Å². The average molecular weight is 434 g/mol. The molecule has 1 aromatic heterocycles. The fourth-order valence-corrected chi connectivity index (χ4v) is 3.70. The first-order chi connectivity index (χ1) is 15.3. The second-order valence-electron chi connectivity index (χ2n) is 7.38. The number of aryl methyl sites for hydroxylation is 1. The topological polar surface area (TPSA) is 99.9 Å². The molecule has 0 radical (unpaired) electrons. The molecular weight excluding hydrogens is 415 g/mol. The Labute approximate surface area is 182 Å². The quantitative estimate of drug-likeness (QED) is 0.362. The number of nitrogens with one attached hydrogen (secondary N) is 1. The normalized spacial score (nSPS) is 17.6. The summed E-state index contributed by atoms with van der Waals surface area (Å²) < 4.78 is 19.2. The van der Waals surface area contributed by atoms with E-state index in [9.17, 15) is 23.9 Å². The predicted molar refractivity (Wildman–Crippen MR) is 115 cm³/mol. The maximum atomic E-state index is 13.7. The third kappa shape index (κ3) is 3.66. The molecule has 2 heterocycles. The summed E-state index contributed by atoms with van der Waals surface area (Å²) >= 11 is 0. The van der Waals surface area contributed by atoms with Crippen LogP contribution in [0.4, 0.5) is 15.8 Å². The van der Waals surface area contributed by atoms with Crippen LogP contribution in [-0.4, -0.2) is 22.7 Å². The van der Waals surface area contributed by atoms with Crippen LogP contribution >= 0.6 is 0 Å². The Bertz CT molecular complexity index is 1260. The van der Waals surface area contributed by atoms with Gasteiger partial charge in [-0.15, -0.1) is 0 Å². The number of rotatable bonds is 4. The van der Waals surface area contributed by atoms with Gasteiger partial charge in [-0.25, -0.2) is 4.39 Å². The molecule has 1 aliphatic rings. The van der Waals surface area contributed by atoms with Crippen molar-refractivity contribution in [2.24, 2.45) is 0 Å². The smallest absolute Gasteiger partial charge is 0.300 e. The van der Waals surface area contributed by atoms with Gasteiger partial charge in [0.25, 0.3) is 11.7 Å². The third-order valence-corrected chi connectivity index (χ3v) is 5.13. The SMILES string of the molecule is CC(=O)Nc1cccc(N2C(=O)C(=O)/C(=C(\O)c3ccc(F)c(C)c3)C2c2ccco2)c1. The minimum atomic E-state index is -1.05. The van der Waals surface area contributed by atoms with Crippen molar-refractivity contribution in [2.75, 3.05) is 10.2 Å². The number of furan rings is 1. The van der Waals surface area contributed by atoms with E-state index in [0.29, 0.717) is 11.4 Å². The number of hydrogen-bond acceptors (Lipinski definition) is 5. The molecule has 0 saturated carbocycles. The lowest BCUT2D eigenvalue weighted by Gasteiger charge is -2.24. The van der Waals surface area contributed by atoms with Crippen molar-refractivity contribution in [3.05, 3.63) is 89.1 Å². The third-order valence-electron chi connectivity index (χ3n) is 5.13. The molecule has 4 rings (SSSR count).